The lowest BCUT2D eigenvalue weighted by Crippen LogP contribution is -2.37. The molecule has 19 nitrogen and oxygen atoms in total. The highest BCUT2D eigenvalue weighted by Crippen LogP contribution is 2.44. The van der Waals surface area contributed by atoms with Crippen LogP contribution in [0.25, 0.3) is 43.7 Å². The number of rotatable bonds is 15. The van der Waals surface area contributed by atoms with Gasteiger partial charge in [-0.1, -0.05) is 18.2 Å². The van der Waals surface area contributed by atoms with Crippen LogP contribution in [0.5, 0.6) is 0 Å². The van der Waals surface area contributed by atoms with E-state index in [1.54, 1.807) is 56.3 Å². The Morgan fingerprint density at radius 2 is 0.755 bits per heavy atom. The zero-order valence-corrected chi connectivity index (χ0v) is 56.3. The summed E-state index contributed by atoms with van der Waals surface area (Å²) >= 11 is 0. The molecule has 3 amide bonds. The number of carboxylic acid groups (broad SMARTS) is 3. The van der Waals surface area contributed by atoms with Gasteiger partial charge in [0.15, 0.2) is 0 Å². The van der Waals surface area contributed by atoms with Crippen LogP contribution < -0.4 is 16.0 Å². The topological polar surface area (TPSA) is 266 Å². The molecule has 6 heterocycles. The Balaban J connectivity index is 0.000000185. The molecule has 4 aromatic carbocycles. The second-order valence-corrected chi connectivity index (χ2v) is 24.8. The molecule has 98 heavy (non-hydrogen) atoms. The Morgan fingerprint density at radius 1 is 0.408 bits per heavy atom. The maximum atomic E-state index is 14.1. The number of pyridine rings is 2. The van der Waals surface area contributed by atoms with Crippen molar-refractivity contribution >= 4 is 117 Å². The SMILES string of the molecule is Cc1c(C2CCC(NC(=O)c3cc(F)ccn3)CC2)c2cc(F)ccc2n1CC(=O)O.Cc1c(C2CCC(NC(=O)c3ccccn3)CC2)c2cc(F)ccc2n1CC(=O)O.Cc1c(C2CCC(NC(=O)c3cnc4ccccc4n3)CC2)c2cc(F)ccc2n1CC(=O)O.Cl.Cl.Cl. The van der Waals surface area contributed by atoms with Crippen LogP contribution in [0.4, 0.5) is 17.6 Å². The van der Waals surface area contributed by atoms with E-state index in [-0.39, 0.29) is 128 Å². The fourth-order valence-corrected chi connectivity index (χ4v) is 14.5. The van der Waals surface area contributed by atoms with Crippen molar-refractivity contribution in [3.05, 3.63) is 202 Å². The van der Waals surface area contributed by atoms with Gasteiger partial charge in [0.1, 0.15) is 60.0 Å². The lowest BCUT2D eigenvalue weighted by molar-refractivity contribution is -0.138. The summed E-state index contributed by atoms with van der Waals surface area (Å²) in [7, 11) is 0. The number of carbonyl (C=O) groups excluding carboxylic acids is 3. The molecular formula is C72H75Cl3F4N10O9. The minimum atomic E-state index is -0.951. The Hall–Kier alpha value is -9.45. The fraction of sp³-hybridized carbons (Fsp3) is 0.333. The third-order valence-electron chi connectivity index (χ3n) is 18.8. The number of carboxylic acids is 3. The summed E-state index contributed by atoms with van der Waals surface area (Å²) in [6, 6.07) is 28.5. The maximum Gasteiger partial charge on any atom is 0.323 e. The first-order valence-corrected chi connectivity index (χ1v) is 31.8. The van der Waals surface area contributed by atoms with Gasteiger partial charge in [-0.25, -0.2) is 22.5 Å². The number of aliphatic carboxylic acids is 3. The molecule has 0 bridgehead atoms. The molecule has 0 radical (unpaired) electrons. The predicted molar refractivity (Wildman–Crippen MR) is 370 cm³/mol. The van der Waals surface area contributed by atoms with E-state index in [2.05, 4.69) is 35.9 Å². The second-order valence-electron chi connectivity index (χ2n) is 24.8. The van der Waals surface area contributed by atoms with Gasteiger partial charge >= 0.3 is 17.9 Å². The van der Waals surface area contributed by atoms with E-state index in [1.807, 2.05) is 45.0 Å². The average molecular weight is 1410 g/mol. The molecule has 13 rings (SSSR count). The number of amides is 3. The smallest absolute Gasteiger partial charge is 0.323 e. The summed E-state index contributed by atoms with van der Waals surface area (Å²) < 4.78 is 60.6. The number of benzene rings is 4. The largest absolute Gasteiger partial charge is 0.480 e. The van der Waals surface area contributed by atoms with Gasteiger partial charge < -0.3 is 45.0 Å². The van der Waals surface area contributed by atoms with E-state index in [4.69, 9.17) is 0 Å². The van der Waals surface area contributed by atoms with Crippen molar-refractivity contribution in [3.8, 4) is 0 Å². The van der Waals surface area contributed by atoms with E-state index in [9.17, 15) is 61.6 Å². The van der Waals surface area contributed by atoms with Gasteiger partial charge in [0, 0.05) is 86.4 Å². The van der Waals surface area contributed by atoms with Crippen molar-refractivity contribution in [2.45, 2.75) is 153 Å². The zero-order chi connectivity index (χ0) is 67.2. The lowest BCUT2D eigenvalue weighted by Gasteiger charge is -2.29. The van der Waals surface area contributed by atoms with Crippen LogP contribution in [-0.2, 0) is 34.0 Å². The van der Waals surface area contributed by atoms with Crippen molar-refractivity contribution in [1.82, 2.24) is 49.6 Å². The molecule has 26 heteroatoms. The van der Waals surface area contributed by atoms with Crippen molar-refractivity contribution < 1.29 is 61.6 Å². The van der Waals surface area contributed by atoms with E-state index in [0.717, 1.165) is 137 Å². The van der Waals surface area contributed by atoms with Crippen LogP contribution in [0, 0.1) is 44.0 Å². The van der Waals surface area contributed by atoms with Crippen LogP contribution >= 0.6 is 37.2 Å². The van der Waals surface area contributed by atoms with Gasteiger partial charge in [0.2, 0.25) is 0 Å². The molecule has 0 aliphatic heterocycles. The highest BCUT2D eigenvalue weighted by Gasteiger charge is 2.33. The van der Waals surface area contributed by atoms with E-state index in [1.165, 1.54) is 54.9 Å². The third-order valence-corrected chi connectivity index (χ3v) is 18.8. The average Bonchev–Trinajstić information content (AvgIpc) is 1.62. The van der Waals surface area contributed by atoms with E-state index in [0.29, 0.717) is 35.3 Å². The Bertz CT molecular complexity index is 4570. The number of halogens is 7. The molecule has 3 saturated carbocycles. The first kappa shape index (κ1) is 74.3. The van der Waals surface area contributed by atoms with Crippen LogP contribution in [0.3, 0.4) is 0 Å². The molecule has 516 valence electrons. The molecular weight excluding hydrogens is 1330 g/mol. The predicted octanol–water partition coefficient (Wildman–Crippen LogP) is 14.0. The number of hydrogen-bond acceptors (Lipinski definition) is 10. The Kier molecular flexibility index (Phi) is 24.8. The van der Waals surface area contributed by atoms with Crippen molar-refractivity contribution in [2.24, 2.45) is 0 Å². The number of fused-ring (bicyclic) bond motifs is 4. The summed E-state index contributed by atoms with van der Waals surface area (Å²) in [6.45, 7) is 5.20. The van der Waals surface area contributed by atoms with Gasteiger partial charge in [0.25, 0.3) is 17.7 Å². The summed E-state index contributed by atoms with van der Waals surface area (Å²) in [4.78, 5) is 88.3. The zero-order valence-electron chi connectivity index (χ0n) is 53.9. The first-order chi connectivity index (χ1) is 45.7. The van der Waals surface area contributed by atoms with Gasteiger partial charge in [0.05, 0.1) is 17.2 Å². The fourth-order valence-electron chi connectivity index (χ4n) is 14.5. The first-order valence-electron chi connectivity index (χ1n) is 31.8. The third kappa shape index (κ3) is 16.9. The summed E-state index contributed by atoms with van der Waals surface area (Å²) in [5.74, 6) is -4.63. The van der Waals surface area contributed by atoms with E-state index >= 15 is 0 Å². The van der Waals surface area contributed by atoms with Gasteiger partial charge in [-0.05, 0) is 217 Å². The molecule has 0 saturated heterocycles. The van der Waals surface area contributed by atoms with Crippen LogP contribution in [0.15, 0.2) is 128 Å². The number of nitrogens with one attached hydrogen (secondary N) is 3. The second kappa shape index (κ2) is 32.7. The van der Waals surface area contributed by atoms with Crippen molar-refractivity contribution in [1.29, 1.82) is 0 Å². The molecule has 0 spiro atoms. The standard InChI is InChI=1S/C26H25FN4O3.C23H23F2N3O3.C23H24FN3O3.3ClH/c1-15-25(19-12-17(27)8-11-23(19)31(15)14-24(32)33)16-6-9-18(10-7-16)29-26(34)22-13-28-20-4-2-3-5-21(20)30-22;1-13-22(18-10-15(24)4-7-20(18)28(13)12-21(29)30)14-2-5-17(6-3-14)27-23(31)19-11-16(25)8-9-26-19;1-14-22(18-12-16(24)7-10-20(18)27(14)13-21(28)29)15-5-8-17(9-6-15)26-23(30)19-4-2-3-11-25-19;;;/h2-5,8,11-13,16,18H,6-7,9-10,14H2,1H3,(H,29,34)(H,32,33);4,7-11,14,17H,2-3,5-6,12H2,1H3,(H,27,31)(H,29,30);2-4,7,10-12,15,17H,5-6,8-9,13H2,1H3,(H,26,30)(H,28,29);3*1H. The molecule has 6 N–H and O–H groups in total. The number of para-hydroxylation sites is 2. The lowest BCUT2D eigenvalue weighted by atomic mass is 9.80. The number of hydrogen-bond donors (Lipinski definition) is 6. The number of nitrogens with zero attached hydrogens (tertiary/aromatic N) is 7. The van der Waals surface area contributed by atoms with Crippen LogP contribution in [-0.4, -0.2) is 103 Å². The van der Waals surface area contributed by atoms with Crippen LogP contribution in [0.2, 0.25) is 0 Å². The maximum absolute atomic E-state index is 14.1. The molecule has 0 atom stereocenters. The summed E-state index contributed by atoms with van der Waals surface area (Å²) in [5, 5.41) is 39.3. The van der Waals surface area contributed by atoms with E-state index < -0.39 is 29.6 Å². The monoisotopic (exact) mass is 1400 g/mol. The molecule has 10 aromatic rings. The van der Waals surface area contributed by atoms with Crippen LogP contribution in [0.1, 0.15) is 160 Å². The minimum absolute atomic E-state index is 0. The van der Waals surface area contributed by atoms with Crippen molar-refractivity contribution in [2.75, 3.05) is 0 Å². The van der Waals surface area contributed by atoms with Crippen molar-refractivity contribution in [3.63, 3.8) is 0 Å². The quantitative estimate of drug-likeness (QED) is 0.0522. The van der Waals surface area contributed by atoms with Gasteiger partial charge in [-0.15, -0.1) is 37.2 Å². The molecule has 6 aromatic heterocycles. The highest BCUT2D eigenvalue weighted by molar-refractivity contribution is 5.95. The molecule has 3 aliphatic carbocycles. The van der Waals surface area contributed by atoms with Gasteiger partial charge in [-0.3, -0.25) is 43.7 Å². The summed E-state index contributed by atoms with van der Waals surface area (Å²) in [6.07, 6.45) is 13.8. The Morgan fingerprint density at radius 3 is 1.12 bits per heavy atom. The van der Waals surface area contributed by atoms with Gasteiger partial charge in [-0.2, -0.15) is 0 Å². The number of aromatic nitrogens is 7. The summed E-state index contributed by atoms with van der Waals surface area (Å²) in [5.41, 5.74) is 9.96. The molecule has 3 fully saturated rings. The minimum Gasteiger partial charge on any atom is -0.480 e. The number of carbonyl (C=O) groups is 6. The highest BCUT2D eigenvalue weighted by atomic mass is 35.5. The molecule has 3 aliphatic rings. The molecule has 0 unspecified atom stereocenters. The Labute approximate surface area is 580 Å². The normalized spacial score (nSPS) is 18.1.